The lowest BCUT2D eigenvalue weighted by Crippen LogP contribution is -2.41. The molecule has 16 heavy (non-hydrogen) atoms. The molecule has 1 aromatic heterocycles. The Hall–Kier alpha value is -1.09. The molecular formula is C13H20N2O. The van der Waals surface area contributed by atoms with E-state index in [1.165, 1.54) is 18.4 Å². The Morgan fingerprint density at radius 3 is 2.81 bits per heavy atom. The van der Waals surface area contributed by atoms with Gasteiger partial charge < -0.3 is 10.1 Å². The summed E-state index contributed by atoms with van der Waals surface area (Å²) in [5, 5.41) is 3.64. The van der Waals surface area contributed by atoms with Gasteiger partial charge in [-0.2, -0.15) is 0 Å². The molecule has 1 atom stereocenters. The van der Waals surface area contributed by atoms with Gasteiger partial charge in [-0.1, -0.05) is 13.8 Å². The summed E-state index contributed by atoms with van der Waals surface area (Å²) < 4.78 is 5.25. The van der Waals surface area contributed by atoms with Crippen molar-refractivity contribution >= 4 is 0 Å². The molecule has 1 unspecified atom stereocenters. The summed E-state index contributed by atoms with van der Waals surface area (Å²) in [6.07, 6.45) is 6.13. The zero-order valence-electron chi connectivity index (χ0n) is 10.3. The van der Waals surface area contributed by atoms with Crippen molar-refractivity contribution in [3.63, 3.8) is 0 Å². The molecule has 1 N–H and O–H groups in total. The van der Waals surface area contributed by atoms with Gasteiger partial charge in [-0.3, -0.25) is 4.98 Å². The van der Waals surface area contributed by atoms with Crippen molar-refractivity contribution in [1.82, 2.24) is 10.3 Å². The van der Waals surface area contributed by atoms with Crippen LogP contribution in [0.15, 0.2) is 18.5 Å². The lowest BCUT2D eigenvalue weighted by molar-refractivity contribution is 0.275. The highest BCUT2D eigenvalue weighted by molar-refractivity contribution is 5.31. The summed E-state index contributed by atoms with van der Waals surface area (Å²) in [5.41, 5.74) is 1.33. The number of ether oxygens (including phenoxy) is 1. The molecule has 1 aromatic rings. The highest BCUT2D eigenvalue weighted by Crippen LogP contribution is 2.38. The van der Waals surface area contributed by atoms with Crippen molar-refractivity contribution in [3.8, 4) is 5.75 Å². The van der Waals surface area contributed by atoms with E-state index in [0.717, 1.165) is 12.3 Å². The second-order valence-electron chi connectivity index (χ2n) is 4.77. The number of methoxy groups -OCH3 is 1. The van der Waals surface area contributed by atoms with Crippen LogP contribution in [0, 0.1) is 5.92 Å². The highest BCUT2D eigenvalue weighted by atomic mass is 16.5. The fourth-order valence-electron chi connectivity index (χ4n) is 2.61. The van der Waals surface area contributed by atoms with Crippen LogP contribution in [0.1, 0.15) is 32.3 Å². The molecule has 1 aliphatic rings. The third kappa shape index (κ3) is 1.80. The molecule has 0 aliphatic carbocycles. The Morgan fingerprint density at radius 2 is 2.25 bits per heavy atom. The van der Waals surface area contributed by atoms with Gasteiger partial charge in [0.1, 0.15) is 5.75 Å². The summed E-state index contributed by atoms with van der Waals surface area (Å²) in [6, 6.07) is 2.10. The van der Waals surface area contributed by atoms with Gasteiger partial charge in [-0.05, 0) is 36.9 Å². The number of pyridine rings is 1. The van der Waals surface area contributed by atoms with Gasteiger partial charge >= 0.3 is 0 Å². The van der Waals surface area contributed by atoms with Crippen LogP contribution in [0.4, 0.5) is 0 Å². The zero-order valence-corrected chi connectivity index (χ0v) is 10.3. The highest BCUT2D eigenvalue weighted by Gasteiger charge is 2.38. The molecule has 0 saturated carbocycles. The average Bonchev–Trinajstić information content (AvgIpc) is 2.79. The fraction of sp³-hybridized carbons (Fsp3) is 0.615. The van der Waals surface area contributed by atoms with E-state index in [1.807, 2.05) is 6.20 Å². The minimum atomic E-state index is 0.0849. The van der Waals surface area contributed by atoms with E-state index >= 15 is 0 Å². The van der Waals surface area contributed by atoms with E-state index in [1.54, 1.807) is 13.3 Å². The molecule has 0 amide bonds. The van der Waals surface area contributed by atoms with Crippen molar-refractivity contribution in [2.75, 3.05) is 13.7 Å². The maximum atomic E-state index is 5.25. The Bertz CT molecular complexity index is 357. The van der Waals surface area contributed by atoms with Gasteiger partial charge in [0.15, 0.2) is 0 Å². The summed E-state index contributed by atoms with van der Waals surface area (Å²) in [4.78, 5) is 4.26. The Labute approximate surface area is 97.2 Å². The maximum Gasteiger partial charge on any atom is 0.137 e. The number of hydrogen-bond acceptors (Lipinski definition) is 3. The van der Waals surface area contributed by atoms with Gasteiger partial charge in [0.05, 0.1) is 13.3 Å². The molecule has 88 valence electrons. The number of aromatic nitrogens is 1. The van der Waals surface area contributed by atoms with E-state index in [2.05, 4.69) is 30.2 Å². The van der Waals surface area contributed by atoms with E-state index in [4.69, 9.17) is 4.74 Å². The zero-order chi connectivity index (χ0) is 11.6. The van der Waals surface area contributed by atoms with Gasteiger partial charge in [0.2, 0.25) is 0 Å². The van der Waals surface area contributed by atoms with E-state index < -0.39 is 0 Å². The van der Waals surface area contributed by atoms with Crippen LogP contribution in [-0.2, 0) is 5.54 Å². The van der Waals surface area contributed by atoms with Crippen molar-refractivity contribution in [2.24, 2.45) is 5.92 Å². The summed E-state index contributed by atoms with van der Waals surface area (Å²) >= 11 is 0. The molecule has 0 aromatic carbocycles. The number of hydrogen-bond donors (Lipinski definition) is 1. The lowest BCUT2D eigenvalue weighted by Gasteiger charge is -2.34. The molecule has 3 nitrogen and oxygen atoms in total. The van der Waals surface area contributed by atoms with Crippen molar-refractivity contribution in [2.45, 2.75) is 32.2 Å². The number of nitrogens with zero attached hydrogens (tertiary/aromatic N) is 1. The summed E-state index contributed by atoms with van der Waals surface area (Å²) in [6.45, 7) is 5.62. The summed E-state index contributed by atoms with van der Waals surface area (Å²) in [5.74, 6) is 1.40. The Morgan fingerprint density at radius 1 is 1.44 bits per heavy atom. The number of rotatable bonds is 3. The van der Waals surface area contributed by atoms with E-state index in [-0.39, 0.29) is 5.54 Å². The molecule has 1 aliphatic heterocycles. The van der Waals surface area contributed by atoms with Crippen LogP contribution in [0.25, 0.3) is 0 Å². The molecule has 2 heterocycles. The van der Waals surface area contributed by atoms with Crippen LogP contribution >= 0.6 is 0 Å². The van der Waals surface area contributed by atoms with Crippen LogP contribution in [0.3, 0.4) is 0 Å². The first kappa shape index (κ1) is 11.4. The monoisotopic (exact) mass is 220 g/mol. The first-order valence-electron chi connectivity index (χ1n) is 5.93. The molecule has 0 bridgehead atoms. The summed E-state index contributed by atoms with van der Waals surface area (Å²) in [7, 11) is 1.69. The minimum absolute atomic E-state index is 0.0849. The van der Waals surface area contributed by atoms with Gasteiger partial charge in [0, 0.05) is 11.7 Å². The fourth-order valence-corrected chi connectivity index (χ4v) is 2.61. The average molecular weight is 220 g/mol. The predicted octanol–water partition coefficient (Wildman–Crippen LogP) is 2.32. The topological polar surface area (TPSA) is 34.1 Å². The van der Waals surface area contributed by atoms with Gasteiger partial charge in [-0.25, -0.2) is 0 Å². The van der Waals surface area contributed by atoms with Crippen molar-refractivity contribution in [3.05, 3.63) is 24.0 Å². The molecule has 2 rings (SSSR count). The largest absolute Gasteiger partial charge is 0.495 e. The molecule has 1 saturated heterocycles. The Balaban J connectivity index is 2.39. The smallest absolute Gasteiger partial charge is 0.137 e. The van der Waals surface area contributed by atoms with Gasteiger partial charge in [0.25, 0.3) is 0 Å². The van der Waals surface area contributed by atoms with Crippen molar-refractivity contribution < 1.29 is 4.74 Å². The lowest BCUT2D eigenvalue weighted by atomic mass is 9.79. The standard InChI is InChI=1S/C13H20N2O/c1-10(2)13(5-4-6-15-13)11-7-12(16-3)9-14-8-11/h7-10,15H,4-6H2,1-3H3. The van der Waals surface area contributed by atoms with E-state index in [9.17, 15) is 0 Å². The van der Waals surface area contributed by atoms with E-state index in [0.29, 0.717) is 5.92 Å². The first-order valence-corrected chi connectivity index (χ1v) is 5.93. The third-order valence-electron chi connectivity index (χ3n) is 3.64. The molecule has 0 spiro atoms. The molecular weight excluding hydrogens is 200 g/mol. The second kappa shape index (κ2) is 4.42. The second-order valence-corrected chi connectivity index (χ2v) is 4.77. The third-order valence-corrected chi connectivity index (χ3v) is 3.64. The first-order chi connectivity index (χ1) is 7.69. The van der Waals surface area contributed by atoms with Crippen LogP contribution in [0.2, 0.25) is 0 Å². The van der Waals surface area contributed by atoms with Crippen LogP contribution in [-0.4, -0.2) is 18.6 Å². The minimum Gasteiger partial charge on any atom is -0.495 e. The quantitative estimate of drug-likeness (QED) is 0.849. The Kier molecular flexibility index (Phi) is 3.15. The molecule has 0 radical (unpaired) electrons. The van der Waals surface area contributed by atoms with Crippen molar-refractivity contribution in [1.29, 1.82) is 0 Å². The molecule has 1 fully saturated rings. The SMILES string of the molecule is COc1cncc(C2(C(C)C)CCCN2)c1. The van der Waals surface area contributed by atoms with Crippen LogP contribution < -0.4 is 10.1 Å². The normalized spacial score (nSPS) is 25.0. The maximum absolute atomic E-state index is 5.25. The molecule has 3 heteroatoms. The predicted molar refractivity (Wildman–Crippen MR) is 64.5 cm³/mol. The van der Waals surface area contributed by atoms with Crippen LogP contribution in [0.5, 0.6) is 5.75 Å². The number of nitrogens with one attached hydrogen (secondary N) is 1. The van der Waals surface area contributed by atoms with Gasteiger partial charge in [-0.15, -0.1) is 0 Å².